The van der Waals surface area contributed by atoms with E-state index in [1.807, 2.05) is 0 Å². The highest BCUT2D eigenvalue weighted by Crippen LogP contribution is 2.37. The fraction of sp³-hybridized carbons (Fsp3) is 0.353. The van der Waals surface area contributed by atoms with Crippen LogP contribution in [0, 0.1) is 30.3 Å². The van der Waals surface area contributed by atoms with Gasteiger partial charge in [-0.15, -0.1) is 20.2 Å². The highest BCUT2D eigenvalue weighted by atomic mass is 17.0. The molecule has 14 nitrogen and oxygen atoms in total. The maximum Gasteiger partial charge on any atom is 0.318 e. The average molecular weight is 439 g/mol. The zero-order valence-corrected chi connectivity index (χ0v) is 16.0. The third-order valence-corrected chi connectivity index (χ3v) is 4.46. The van der Waals surface area contributed by atoms with Crippen molar-refractivity contribution in [2.75, 3.05) is 13.7 Å². The lowest BCUT2D eigenvalue weighted by atomic mass is 9.91. The van der Waals surface area contributed by atoms with E-state index in [-0.39, 0.29) is 35.2 Å². The molecule has 0 amide bonds. The second-order valence-corrected chi connectivity index (χ2v) is 6.29. The Morgan fingerprint density at radius 3 is 2.32 bits per heavy atom. The van der Waals surface area contributed by atoms with Crippen molar-refractivity contribution in [3.8, 4) is 5.75 Å². The van der Waals surface area contributed by atoms with E-state index in [2.05, 4.69) is 9.68 Å². The van der Waals surface area contributed by atoms with Crippen LogP contribution in [0.3, 0.4) is 0 Å². The van der Waals surface area contributed by atoms with Gasteiger partial charge in [0.15, 0.2) is 5.75 Å². The summed E-state index contributed by atoms with van der Waals surface area (Å²) >= 11 is 0. The van der Waals surface area contributed by atoms with Crippen molar-refractivity contribution in [3.63, 3.8) is 0 Å². The first-order valence-corrected chi connectivity index (χ1v) is 8.70. The van der Waals surface area contributed by atoms with Gasteiger partial charge in [-0.3, -0.25) is 14.9 Å². The number of ether oxygens (including phenoxy) is 1. The van der Waals surface area contributed by atoms with Crippen molar-refractivity contribution < 1.29 is 39.4 Å². The number of methoxy groups -OCH3 is 1. The molecule has 0 aliphatic heterocycles. The fourth-order valence-corrected chi connectivity index (χ4v) is 3.10. The number of carboxylic acid groups (broad SMARTS) is 1. The summed E-state index contributed by atoms with van der Waals surface area (Å²) in [4.78, 5) is 51.8. The van der Waals surface area contributed by atoms with Gasteiger partial charge in [0.25, 0.3) is 10.2 Å². The summed E-state index contributed by atoms with van der Waals surface area (Å²) < 4.78 is 5.00. The van der Waals surface area contributed by atoms with Gasteiger partial charge < -0.3 is 19.5 Å². The summed E-state index contributed by atoms with van der Waals surface area (Å²) in [6, 6.07) is 7.16. The normalized spacial score (nSPS) is 12.5. The van der Waals surface area contributed by atoms with Gasteiger partial charge in [0.05, 0.1) is 23.3 Å². The number of fused-ring (bicyclic) bond motifs is 1. The molecule has 31 heavy (non-hydrogen) atoms. The molecule has 0 bridgehead atoms. The van der Waals surface area contributed by atoms with Crippen LogP contribution in [0.25, 0.3) is 10.8 Å². The first-order valence-electron chi connectivity index (χ1n) is 8.70. The molecule has 0 heterocycles. The van der Waals surface area contributed by atoms with Gasteiger partial charge in [-0.05, 0) is 35.9 Å². The van der Waals surface area contributed by atoms with Crippen molar-refractivity contribution >= 4 is 22.4 Å². The third-order valence-electron chi connectivity index (χ3n) is 4.46. The van der Waals surface area contributed by atoms with Gasteiger partial charge in [-0.25, -0.2) is 0 Å². The molecule has 166 valence electrons. The second-order valence-electron chi connectivity index (χ2n) is 6.29. The van der Waals surface area contributed by atoms with E-state index >= 15 is 0 Å². The molecule has 0 radical (unpaired) electrons. The van der Waals surface area contributed by atoms with Crippen LogP contribution in [0.1, 0.15) is 24.3 Å². The fourth-order valence-electron chi connectivity index (χ4n) is 3.10. The highest BCUT2D eigenvalue weighted by Gasteiger charge is 2.26. The van der Waals surface area contributed by atoms with Crippen molar-refractivity contribution in [2.24, 2.45) is 0 Å². The highest BCUT2D eigenvalue weighted by molar-refractivity contribution is 5.94. The molecule has 0 saturated heterocycles. The van der Waals surface area contributed by atoms with E-state index in [0.717, 1.165) is 0 Å². The number of hydrogen-bond donors (Lipinski definition) is 1. The van der Waals surface area contributed by atoms with Gasteiger partial charge >= 0.3 is 11.7 Å². The van der Waals surface area contributed by atoms with E-state index in [1.54, 1.807) is 0 Å². The van der Waals surface area contributed by atoms with Crippen molar-refractivity contribution in [3.05, 3.63) is 66.2 Å². The monoisotopic (exact) mass is 439 g/mol. The number of nitro groups is 1. The molecule has 0 aromatic heterocycles. The molecule has 14 heteroatoms. The summed E-state index contributed by atoms with van der Waals surface area (Å²) in [6.07, 6.45) is -1.75. The Morgan fingerprint density at radius 1 is 1.06 bits per heavy atom. The predicted octanol–water partition coefficient (Wildman–Crippen LogP) is 2.49. The van der Waals surface area contributed by atoms with Gasteiger partial charge in [0.1, 0.15) is 12.7 Å². The van der Waals surface area contributed by atoms with Crippen LogP contribution in [-0.4, -0.2) is 46.0 Å². The van der Waals surface area contributed by atoms with Crippen LogP contribution in [0.15, 0.2) is 30.3 Å². The third kappa shape index (κ3) is 5.88. The van der Waals surface area contributed by atoms with Crippen LogP contribution in [0.5, 0.6) is 5.75 Å². The zero-order valence-electron chi connectivity index (χ0n) is 16.0. The lowest BCUT2D eigenvalue weighted by Gasteiger charge is -2.18. The summed E-state index contributed by atoms with van der Waals surface area (Å²) in [5.41, 5.74) is 0.0179. The van der Waals surface area contributed by atoms with Crippen LogP contribution in [0.2, 0.25) is 0 Å². The van der Waals surface area contributed by atoms with Gasteiger partial charge in [0, 0.05) is 0 Å². The number of aliphatic carboxylic acids is 1. The first kappa shape index (κ1) is 23.1. The molecular formula is C17H17N3O11. The molecule has 0 aliphatic carbocycles. The topological polar surface area (TPSA) is 194 Å². The molecule has 2 rings (SSSR count). The number of carbonyl (C=O) groups is 1. The van der Waals surface area contributed by atoms with E-state index in [0.29, 0.717) is 5.39 Å². The Labute approximate surface area is 173 Å². The Kier molecular flexibility index (Phi) is 7.43. The summed E-state index contributed by atoms with van der Waals surface area (Å²) in [6.45, 7) is -0.746. The Bertz CT molecular complexity index is 1010. The molecule has 0 aliphatic rings. The summed E-state index contributed by atoms with van der Waals surface area (Å²) in [5.74, 6) is -2.36. The molecule has 0 fully saturated rings. The number of benzene rings is 2. The quantitative estimate of drug-likeness (QED) is 0.377. The molecule has 2 atom stereocenters. The van der Waals surface area contributed by atoms with Gasteiger partial charge in [-0.2, -0.15) is 0 Å². The molecular weight excluding hydrogens is 422 g/mol. The minimum Gasteiger partial charge on any atom is -0.490 e. The summed E-state index contributed by atoms with van der Waals surface area (Å²) in [5, 5.41) is 40.2. The first-order chi connectivity index (χ1) is 14.6. The lowest BCUT2D eigenvalue weighted by molar-refractivity contribution is -0.790. The molecule has 2 aromatic carbocycles. The van der Waals surface area contributed by atoms with Gasteiger partial charge in [0.2, 0.25) is 0 Å². The molecule has 1 unspecified atom stereocenters. The standard InChI is InChI=1S/C17H17N3O11/c1-29-15-7-3-10-8-11(2-5-13(10)16(15)18(23)24)14(17(21)22)6-4-12(31-20(27)28)9-30-19(25)26/h2-3,5,7-8,12,14H,4,6,9H2,1H3,(H,21,22)/t12?,14-/m0/s1. The van der Waals surface area contributed by atoms with Crippen molar-refractivity contribution in [1.29, 1.82) is 0 Å². The number of nitrogens with zero attached hydrogens (tertiary/aromatic N) is 3. The SMILES string of the molecule is COc1ccc2cc([C@H](CCC(CO[N+](=O)[O-])O[N+](=O)[O-])C(=O)O)ccc2c1[N+](=O)[O-]. The van der Waals surface area contributed by atoms with Crippen LogP contribution in [0.4, 0.5) is 5.69 Å². The average Bonchev–Trinajstić information content (AvgIpc) is 2.69. The summed E-state index contributed by atoms with van der Waals surface area (Å²) in [7, 11) is 1.29. The van der Waals surface area contributed by atoms with Crippen LogP contribution < -0.4 is 4.74 Å². The van der Waals surface area contributed by atoms with E-state index < -0.39 is 39.7 Å². The maximum absolute atomic E-state index is 11.8. The van der Waals surface area contributed by atoms with Gasteiger partial charge in [-0.1, -0.05) is 18.2 Å². The van der Waals surface area contributed by atoms with E-state index in [4.69, 9.17) is 4.74 Å². The lowest BCUT2D eigenvalue weighted by Crippen LogP contribution is -2.26. The Hall–Kier alpha value is -4.23. The van der Waals surface area contributed by atoms with Crippen molar-refractivity contribution in [2.45, 2.75) is 24.9 Å². The van der Waals surface area contributed by atoms with Crippen molar-refractivity contribution in [1.82, 2.24) is 0 Å². The number of rotatable bonds is 12. The molecule has 0 saturated carbocycles. The smallest absolute Gasteiger partial charge is 0.318 e. The Balaban J connectivity index is 2.31. The van der Waals surface area contributed by atoms with Crippen LogP contribution in [-0.2, 0) is 14.5 Å². The van der Waals surface area contributed by atoms with E-state index in [1.165, 1.54) is 37.4 Å². The molecule has 2 aromatic rings. The Morgan fingerprint density at radius 2 is 1.77 bits per heavy atom. The predicted molar refractivity (Wildman–Crippen MR) is 102 cm³/mol. The maximum atomic E-state index is 11.8. The zero-order chi connectivity index (χ0) is 23.1. The minimum atomic E-state index is -1.35. The van der Waals surface area contributed by atoms with E-state index in [9.17, 15) is 40.2 Å². The number of hydrogen-bond acceptors (Lipinski definition) is 10. The molecule has 0 spiro atoms. The van der Waals surface area contributed by atoms with Crippen LogP contribution >= 0.6 is 0 Å². The molecule has 1 N–H and O–H groups in total. The number of nitro benzene ring substituents is 1. The second kappa shape index (κ2) is 10.00. The number of carboxylic acids is 1. The largest absolute Gasteiger partial charge is 0.490 e. The minimum absolute atomic E-state index is 0.0468.